The van der Waals surface area contributed by atoms with Crippen LogP contribution in [0.2, 0.25) is 5.02 Å². The molecule has 108 valence electrons. The van der Waals surface area contributed by atoms with E-state index in [4.69, 9.17) is 21.1 Å². The van der Waals surface area contributed by atoms with Crippen molar-refractivity contribution in [1.29, 1.82) is 0 Å². The summed E-state index contributed by atoms with van der Waals surface area (Å²) < 4.78 is 10.9. The molecule has 20 heavy (non-hydrogen) atoms. The zero-order chi connectivity index (χ0) is 14.1. The number of carbonyl (C=O) groups excluding carboxylic acids is 1. The van der Waals surface area contributed by atoms with Crippen LogP contribution in [0.5, 0.6) is 5.75 Å². The standard InChI is InChI=1S/C15H18ClNO3/c1-19-12-7-13(17-8-12)14(18)6-10-5-11(16)4-9-2-3-20-15(9)10/h4-5,12-13,17H,2-3,6-8H2,1H3. The zero-order valence-corrected chi connectivity index (χ0v) is 12.2. The molecule has 2 aliphatic rings. The Morgan fingerprint density at radius 3 is 3.15 bits per heavy atom. The largest absolute Gasteiger partial charge is 0.493 e. The molecule has 1 N–H and O–H groups in total. The number of Topliss-reactive ketones (excluding diaryl/α,β-unsaturated/α-hetero) is 1. The summed E-state index contributed by atoms with van der Waals surface area (Å²) in [4.78, 5) is 12.4. The molecule has 0 radical (unpaired) electrons. The number of fused-ring (bicyclic) bond motifs is 1. The number of ketones is 1. The molecule has 2 unspecified atom stereocenters. The summed E-state index contributed by atoms with van der Waals surface area (Å²) in [7, 11) is 1.68. The number of halogens is 1. The lowest BCUT2D eigenvalue weighted by molar-refractivity contribution is -0.120. The van der Waals surface area contributed by atoms with E-state index in [0.29, 0.717) is 18.1 Å². The maximum absolute atomic E-state index is 12.4. The van der Waals surface area contributed by atoms with E-state index in [1.54, 1.807) is 7.11 Å². The second-order valence-corrected chi connectivity index (χ2v) is 5.79. The van der Waals surface area contributed by atoms with Gasteiger partial charge < -0.3 is 14.8 Å². The first-order chi connectivity index (χ1) is 9.67. The summed E-state index contributed by atoms with van der Waals surface area (Å²) in [6.45, 7) is 1.40. The SMILES string of the molecule is COC1CNC(C(=O)Cc2cc(Cl)cc3c2OCC3)C1. The van der Waals surface area contributed by atoms with Crippen LogP contribution >= 0.6 is 11.6 Å². The Morgan fingerprint density at radius 2 is 2.40 bits per heavy atom. The third kappa shape index (κ3) is 2.68. The molecular weight excluding hydrogens is 278 g/mol. The number of benzene rings is 1. The van der Waals surface area contributed by atoms with Crippen LogP contribution in [0.15, 0.2) is 12.1 Å². The number of carbonyl (C=O) groups is 1. The van der Waals surface area contributed by atoms with Gasteiger partial charge in [0.2, 0.25) is 0 Å². The molecule has 0 amide bonds. The Morgan fingerprint density at radius 1 is 1.55 bits per heavy atom. The Bertz CT molecular complexity index is 532. The van der Waals surface area contributed by atoms with Gasteiger partial charge in [0.25, 0.3) is 0 Å². The number of rotatable bonds is 4. The van der Waals surface area contributed by atoms with Gasteiger partial charge in [0.05, 0.1) is 18.8 Å². The summed E-state index contributed by atoms with van der Waals surface area (Å²) in [6, 6.07) is 3.63. The van der Waals surface area contributed by atoms with Crippen molar-refractivity contribution < 1.29 is 14.3 Å². The minimum absolute atomic E-state index is 0.129. The van der Waals surface area contributed by atoms with Gasteiger partial charge in [-0.3, -0.25) is 4.79 Å². The smallest absolute Gasteiger partial charge is 0.154 e. The number of hydrogen-bond donors (Lipinski definition) is 1. The topological polar surface area (TPSA) is 47.6 Å². The lowest BCUT2D eigenvalue weighted by Crippen LogP contribution is -2.31. The van der Waals surface area contributed by atoms with Crippen LogP contribution in [-0.2, 0) is 22.4 Å². The highest BCUT2D eigenvalue weighted by Crippen LogP contribution is 2.33. The summed E-state index contributed by atoms with van der Waals surface area (Å²) >= 11 is 6.11. The van der Waals surface area contributed by atoms with Gasteiger partial charge in [-0.15, -0.1) is 0 Å². The molecule has 3 rings (SSSR count). The fourth-order valence-corrected chi connectivity index (χ4v) is 3.18. The fourth-order valence-electron chi connectivity index (χ4n) is 2.92. The van der Waals surface area contributed by atoms with E-state index in [1.807, 2.05) is 12.1 Å². The summed E-state index contributed by atoms with van der Waals surface area (Å²) in [5.74, 6) is 1.02. The maximum atomic E-state index is 12.4. The van der Waals surface area contributed by atoms with Gasteiger partial charge in [-0.05, 0) is 24.1 Å². The predicted molar refractivity (Wildman–Crippen MR) is 76.6 cm³/mol. The molecule has 1 aromatic rings. The number of nitrogens with one attached hydrogen (secondary N) is 1. The van der Waals surface area contributed by atoms with Crippen LogP contribution in [-0.4, -0.2) is 38.2 Å². The Balaban J connectivity index is 1.74. The molecule has 1 fully saturated rings. The molecule has 4 nitrogen and oxygen atoms in total. The van der Waals surface area contributed by atoms with E-state index in [-0.39, 0.29) is 17.9 Å². The number of methoxy groups -OCH3 is 1. The van der Waals surface area contributed by atoms with Crippen molar-refractivity contribution in [3.63, 3.8) is 0 Å². The molecule has 0 saturated carbocycles. The Labute approximate surface area is 123 Å². The van der Waals surface area contributed by atoms with Crippen molar-refractivity contribution in [3.8, 4) is 5.75 Å². The van der Waals surface area contributed by atoms with E-state index >= 15 is 0 Å². The lowest BCUT2D eigenvalue weighted by atomic mass is 9.99. The summed E-state index contributed by atoms with van der Waals surface area (Å²) in [6.07, 6.45) is 2.09. The quantitative estimate of drug-likeness (QED) is 0.919. The average molecular weight is 296 g/mol. The number of hydrogen-bond acceptors (Lipinski definition) is 4. The van der Waals surface area contributed by atoms with Crippen LogP contribution in [0.1, 0.15) is 17.5 Å². The molecule has 0 aliphatic carbocycles. The Hall–Kier alpha value is -1.10. The first-order valence-corrected chi connectivity index (χ1v) is 7.28. The van der Waals surface area contributed by atoms with Crippen LogP contribution in [0, 0.1) is 0 Å². The second kappa shape index (κ2) is 5.72. The maximum Gasteiger partial charge on any atom is 0.154 e. The van der Waals surface area contributed by atoms with Crippen molar-refractivity contribution in [2.45, 2.75) is 31.4 Å². The lowest BCUT2D eigenvalue weighted by Gasteiger charge is -2.12. The van der Waals surface area contributed by atoms with Gasteiger partial charge >= 0.3 is 0 Å². The Kier molecular flexibility index (Phi) is 3.96. The minimum Gasteiger partial charge on any atom is -0.493 e. The monoisotopic (exact) mass is 295 g/mol. The van der Waals surface area contributed by atoms with E-state index in [0.717, 1.165) is 36.3 Å². The van der Waals surface area contributed by atoms with Crippen LogP contribution in [0.25, 0.3) is 0 Å². The van der Waals surface area contributed by atoms with Crippen molar-refractivity contribution in [2.24, 2.45) is 0 Å². The van der Waals surface area contributed by atoms with Crippen LogP contribution in [0.4, 0.5) is 0 Å². The van der Waals surface area contributed by atoms with E-state index < -0.39 is 0 Å². The van der Waals surface area contributed by atoms with E-state index in [1.165, 1.54) is 0 Å². The van der Waals surface area contributed by atoms with Gasteiger partial charge in [0.15, 0.2) is 5.78 Å². The molecular formula is C15H18ClNO3. The predicted octanol–water partition coefficient (Wildman–Crippen LogP) is 1.76. The molecule has 1 aromatic carbocycles. The molecule has 2 aliphatic heterocycles. The molecule has 0 bridgehead atoms. The first-order valence-electron chi connectivity index (χ1n) is 6.90. The van der Waals surface area contributed by atoms with E-state index in [9.17, 15) is 4.79 Å². The first kappa shape index (κ1) is 13.9. The third-order valence-corrected chi connectivity index (χ3v) is 4.22. The van der Waals surface area contributed by atoms with Crippen molar-refractivity contribution in [2.75, 3.05) is 20.3 Å². The zero-order valence-electron chi connectivity index (χ0n) is 11.4. The van der Waals surface area contributed by atoms with Crippen LogP contribution in [0.3, 0.4) is 0 Å². The molecule has 2 atom stereocenters. The third-order valence-electron chi connectivity index (χ3n) is 4.00. The van der Waals surface area contributed by atoms with Crippen molar-refractivity contribution in [1.82, 2.24) is 5.32 Å². The summed E-state index contributed by atoms with van der Waals surface area (Å²) in [5, 5.41) is 3.88. The molecule has 0 spiro atoms. The fraction of sp³-hybridized carbons (Fsp3) is 0.533. The second-order valence-electron chi connectivity index (χ2n) is 5.35. The van der Waals surface area contributed by atoms with Gasteiger partial charge in [0, 0.05) is 37.1 Å². The normalized spacial score (nSPS) is 24.5. The minimum atomic E-state index is -0.129. The highest BCUT2D eigenvalue weighted by Gasteiger charge is 2.30. The highest BCUT2D eigenvalue weighted by atomic mass is 35.5. The van der Waals surface area contributed by atoms with Crippen LogP contribution < -0.4 is 10.1 Å². The number of ether oxygens (including phenoxy) is 2. The van der Waals surface area contributed by atoms with E-state index in [2.05, 4.69) is 5.32 Å². The van der Waals surface area contributed by atoms with Gasteiger partial charge in [0.1, 0.15) is 5.75 Å². The van der Waals surface area contributed by atoms with Gasteiger partial charge in [-0.1, -0.05) is 11.6 Å². The van der Waals surface area contributed by atoms with Gasteiger partial charge in [-0.2, -0.15) is 0 Å². The molecule has 1 saturated heterocycles. The molecule has 2 heterocycles. The highest BCUT2D eigenvalue weighted by molar-refractivity contribution is 6.30. The van der Waals surface area contributed by atoms with Gasteiger partial charge in [-0.25, -0.2) is 0 Å². The molecule has 0 aromatic heterocycles. The molecule has 5 heteroatoms. The summed E-state index contributed by atoms with van der Waals surface area (Å²) in [5.41, 5.74) is 2.01. The van der Waals surface area contributed by atoms with Crippen molar-refractivity contribution >= 4 is 17.4 Å². The van der Waals surface area contributed by atoms with Crippen molar-refractivity contribution in [3.05, 3.63) is 28.3 Å². The average Bonchev–Trinajstić information content (AvgIpc) is 3.06.